The first-order chi connectivity index (χ1) is 8.75. The van der Waals surface area contributed by atoms with E-state index in [0.29, 0.717) is 5.41 Å². The van der Waals surface area contributed by atoms with Crippen molar-refractivity contribution in [2.24, 2.45) is 11.1 Å². The molecule has 1 aliphatic carbocycles. The van der Waals surface area contributed by atoms with Crippen molar-refractivity contribution in [2.45, 2.75) is 71.3 Å². The van der Waals surface area contributed by atoms with Gasteiger partial charge in [0.25, 0.3) is 0 Å². The Labute approximate surface area is 118 Å². The predicted octanol–water partition coefficient (Wildman–Crippen LogP) is 4.65. The van der Waals surface area contributed by atoms with E-state index in [-0.39, 0.29) is 5.54 Å². The largest absolute Gasteiger partial charge is 0.325 e. The van der Waals surface area contributed by atoms with Gasteiger partial charge in [0.15, 0.2) is 0 Å². The Morgan fingerprint density at radius 2 is 2.05 bits per heavy atom. The van der Waals surface area contributed by atoms with Gasteiger partial charge in [0.1, 0.15) is 0 Å². The average molecular weight is 259 g/mol. The maximum Gasteiger partial charge on any atom is 0.0138 e. The Hall–Kier alpha value is -0.820. The molecule has 1 heteroatoms. The quantitative estimate of drug-likeness (QED) is 0.840. The van der Waals surface area contributed by atoms with E-state index < -0.39 is 0 Å². The Balaban J connectivity index is 2.14. The number of rotatable bonds is 3. The molecule has 1 aromatic carbocycles. The minimum absolute atomic E-state index is 0.121. The van der Waals surface area contributed by atoms with Gasteiger partial charge in [0, 0.05) is 5.54 Å². The van der Waals surface area contributed by atoms with Gasteiger partial charge in [-0.3, -0.25) is 0 Å². The van der Waals surface area contributed by atoms with Crippen LogP contribution in [0.25, 0.3) is 0 Å². The monoisotopic (exact) mass is 259 g/mol. The van der Waals surface area contributed by atoms with E-state index in [1.165, 1.54) is 36.8 Å². The van der Waals surface area contributed by atoms with Gasteiger partial charge in [0.2, 0.25) is 0 Å². The molecule has 0 aliphatic heterocycles. The zero-order valence-corrected chi connectivity index (χ0v) is 13.0. The molecule has 0 amide bonds. The number of benzene rings is 1. The van der Waals surface area contributed by atoms with Crippen LogP contribution in [-0.4, -0.2) is 5.54 Å². The van der Waals surface area contributed by atoms with Crippen molar-refractivity contribution in [3.05, 3.63) is 35.4 Å². The maximum atomic E-state index is 6.14. The Bertz CT molecular complexity index is 426. The molecule has 0 spiro atoms. The molecule has 0 aromatic heterocycles. The van der Waals surface area contributed by atoms with Crippen LogP contribution in [0.4, 0.5) is 0 Å². The maximum absolute atomic E-state index is 6.14. The molecular weight excluding hydrogens is 230 g/mol. The van der Waals surface area contributed by atoms with Gasteiger partial charge in [-0.15, -0.1) is 0 Å². The zero-order valence-electron chi connectivity index (χ0n) is 13.0. The molecule has 1 nitrogen and oxygen atoms in total. The minimum Gasteiger partial charge on any atom is -0.325 e. The molecule has 1 unspecified atom stereocenters. The van der Waals surface area contributed by atoms with Gasteiger partial charge < -0.3 is 5.73 Å². The van der Waals surface area contributed by atoms with E-state index >= 15 is 0 Å². The molecule has 1 atom stereocenters. The number of hydrogen-bond acceptors (Lipinski definition) is 1. The first-order valence-corrected chi connectivity index (χ1v) is 7.63. The topological polar surface area (TPSA) is 26.0 Å². The molecule has 1 saturated carbocycles. The number of hydrogen-bond donors (Lipinski definition) is 1. The highest BCUT2D eigenvalue weighted by Gasteiger charge is 2.28. The molecule has 2 rings (SSSR count). The summed E-state index contributed by atoms with van der Waals surface area (Å²) in [6.45, 7) is 9.02. The third kappa shape index (κ3) is 4.35. The SMILES string of the molecule is CC(C)(N)Cc1cccc(C2CCCC(C)(C)C2)c1. The summed E-state index contributed by atoms with van der Waals surface area (Å²) in [4.78, 5) is 0. The predicted molar refractivity (Wildman–Crippen MR) is 83.4 cm³/mol. The second-order valence-electron chi connectivity index (χ2n) is 7.87. The average Bonchev–Trinajstić information content (AvgIpc) is 2.25. The van der Waals surface area contributed by atoms with Gasteiger partial charge in [-0.1, -0.05) is 44.5 Å². The van der Waals surface area contributed by atoms with Gasteiger partial charge in [0.05, 0.1) is 0 Å². The summed E-state index contributed by atoms with van der Waals surface area (Å²) in [5.41, 5.74) is 9.43. The standard InChI is InChI=1S/C18H29N/c1-17(2)10-6-9-16(13-17)15-8-5-7-14(11-15)12-18(3,4)19/h5,7-8,11,16H,6,9-10,12-13,19H2,1-4H3. The van der Waals surface area contributed by atoms with Crippen molar-refractivity contribution in [3.63, 3.8) is 0 Å². The summed E-state index contributed by atoms with van der Waals surface area (Å²) in [6.07, 6.45) is 6.36. The summed E-state index contributed by atoms with van der Waals surface area (Å²) in [7, 11) is 0. The Kier molecular flexibility index (Phi) is 4.06. The fourth-order valence-corrected chi connectivity index (χ4v) is 3.47. The molecule has 1 aliphatic rings. The van der Waals surface area contributed by atoms with Gasteiger partial charge >= 0.3 is 0 Å². The zero-order chi connectivity index (χ0) is 14.1. The van der Waals surface area contributed by atoms with E-state index in [4.69, 9.17) is 5.73 Å². The normalized spacial score (nSPS) is 23.3. The third-order valence-corrected chi connectivity index (χ3v) is 4.29. The molecule has 2 N–H and O–H groups in total. The Morgan fingerprint density at radius 3 is 2.68 bits per heavy atom. The van der Waals surface area contributed by atoms with E-state index in [1.807, 2.05) is 0 Å². The van der Waals surface area contributed by atoms with Crippen LogP contribution in [-0.2, 0) is 6.42 Å². The van der Waals surface area contributed by atoms with Crippen molar-refractivity contribution in [1.82, 2.24) is 0 Å². The molecule has 1 aromatic rings. The fraction of sp³-hybridized carbons (Fsp3) is 0.667. The van der Waals surface area contributed by atoms with Gasteiger partial charge in [-0.2, -0.15) is 0 Å². The highest BCUT2D eigenvalue weighted by molar-refractivity contribution is 5.28. The second kappa shape index (κ2) is 5.28. The van der Waals surface area contributed by atoms with Crippen LogP contribution in [0.3, 0.4) is 0 Å². The van der Waals surface area contributed by atoms with E-state index in [9.17, 15) is 0 Å². The highest BCUT2D eigenvalue weighted by Crippen LogP contribution is 2.43. The summed E-state index contributed by atoms with van der Waals surface area (Å²) in [6, 6.07) is 9.11. The van der Waals surface area contributed by atoms with E-state index in [1.54, 1.807) is 0 Å². The molecule has 106 valence electrons. The minimum atomic E-state index is -0.121. The first-order valence-electron chi connectivity index (χ1n) is 7.63. The lowest BCUT2D eigenvalue weighted by Gasteiger charge is -2.35. The first kappa shape index (κ1) is 14.6. The molecular formula is C18H29N. The second-order valence-corrected chi connectivity index (χ2v) is 7.87. The van der Waals surface area contributed by atoms with Crippen molar-refractivity contribution < 1.29 is 0 Å². The molecule has 1 fully saturated rings. The molecule has 0 radical (unpaired) electrons. The van der Waals surface area contributed by atoms with Crippen LogP contribution in [0.5, 0.6) is 0 Å². The van der Waals surface area contributed by atoms with E-state index in [0.717, 1.165) is 12.3 Å². The summed E-state index contributed by atoms with van der Waals surface area (Å²) in [5, 5.41) is 0. The highest BCUT2D eigenvalue weighted by atomic mass is 14.7. The van der Waals surface area contributed by atoms with Crippen LogP contribution in [0.2, 0.25) is 0 Å². The van der Waals surface area contributed by atoms with Crippen molar-refractivity contribution in [2.75, 3.05) is 0 Å². The molecule has 0 bridgehead atoms. The lowest BCUT2D eigenvalue weighted by atomic mass is 9.70. The third-order valence-electron chi connectivity index (χ3n) is 4.29. The van der Waals surface area contributed by atoms with Gasteiger partial charge in [-0.05, 0) is 62.0 Å². The fourth-order valence-electron chi connectivity index (χ4n) is 3.47. The summed E-state index contributed by atoms with van der Waals surface area (Å²) < 4.78 is 0. The summed E-state index contributed by atoms with van der Waals surface area (Å²) >= 11 is 0. The number of nitrogens with two attached hydrogens (primary N) is 1. The van der Waals surface area contributed by atoms with Crippen LogP contribution in [0, 0.1) is 5.41 Å². The lowest BCUT2D eigenvalue weighted by molar-refractivity contribution is 0.219. The van der Waals surface area contributed by atoms with Crippen molar-refractivity contribution in [1.29, 1.82) is 0 Å². The van der Waals surface area contributed by atoms with E-state index in [2.05, 4.69) is 52.0 Å². The summed E-state index contributed by atoms with van der Waals surface area (Å²) in [5.74, 6) is 0.740. The van der Waals surface area contributed by atoms with Crippen molar-refractivity contribution >= 4 is 0 Å². The van der Waals surface area contributed by atoms with Gasteiger partial charge in [-0.25, -0.2) is 0 Å². The van der Waals surface area contributed by atoms with Crippen LogP contribution < -0.4 is 5.73 Å². The molecule has 19 heavy (non-hydrogen) atoms. The van der Waals surface area contributed by atoms with Crippen LogP contribution >= 0.6 is 0 Å². The van der Waals surface area contributed by atoms with Crippen LogP contribution in [0.15, 0.2) is 24.3 Å². The lowest BCUT2D eigenvalue weighted by Crippen LogP contribution is -2.34. The molecule has 0 saturated heterocycles. The Morgan fingerprint density at radius 1 is 1.32 bits per heavy atom. The van der Waals surface area contributed by atoms with Crippen LogP contribution in [0.1, 0.15) is 70.4 Å². The molecule has 0 heterocycles. The van der Waals surface area contributed by atoms with Crippen molar-refractivity contribution in [3.8, 4) is 0 Å². The smallest absolute Gasteiger partial charge is 0.0138 e.